The maximum absolute atomic E-state index is 14.6. The molecule has 0 bridgehead atoms. The Morgan fingerprint density at radius 3 is 2.67 bits per heavy atom. The molecule has 1 nitrogen and oxygen atoms in total. The summed E-state index contributed by atoms with van der Waals surface area (Å²) in [5, 5.41) is 0.584. The zero-order chi connectivity index (χ0) is 17.2. The molecular weight excluding hydrogens is 321 g/mol. The predicted molar refractivity (Wildman–Crippen MR) is 101 cm³/mol. The highest BCUT2D eigenvalue weighted by molar-refractivity contribution is 6.29. The van der Waals surface area contributed by atoms with E-state index in [2.05, 4.69) is 36.6 Å². The Morgan fingerprint density at radius 2 is 1.96 bits per heavy atom. The van der Waals surface area contributed by atoms with Gasteiger partial charge in [-0.2, -0.15) is 0 Å². The maximum atomic E-state index is 14.6. The monoisotopic (exact) mass is 341 g/mol. The summed E-state index contributed by atoms with van der Waals surface area (Å²) in [5.41, 5.74) is 2.39. The molecule has 0 N–H and O–H groups in total. The zero-order valence-electron chi connectivity index (χ0n) is 13.8. The minimum absolute atomic E-state index is 0.198. The largest absolute Gasteiger partial charge is 0.359 e. The van der Waals surface area contributed by atoms with E-state index in [-0.39, 0.29) is 11.4 Å². The molecule has 0 aliphatic carbocycles. The normalized spacial score (nSPS) is 15.7. The Hall–Kier alpha value is -2.06. The van der Waals surface area contributed by atoms with Crippen LogP contribution in [0.25, 0.3) is 6.08 Å². The molecule has 3 heteroatoms. The third-order valence-corrected chi connectivity index (χ3v) is 4.66. The quantitative estimate of drug-likeness (QED) is 0.664. The Morgan fingerprint density at radius 1 is 1.21 bits per heavy atom. The minimum Gasteiger partial charge on any atom is -0.359 e. The molecule has 0 amide bonds. The first-order valence-electron chi connectivity index (χ1n) is 8.09. The summed E-state index contributed by atoms with van der Waals surface area (Å²) in [6, 6.07) is 15.4. The van der Waals surface area contributed by atoms with Crippen molar-refractivity contribution in [1.29, 1.82) is 0 Å². The van der Waals surface area contributed by atoms with Gasteiger partial charge >= 0.3 is 0 Å². The molecule has 124 valence electrons. The first kappa shape index (κ1) is 16.8. The highest BCUT2D eigenvalue weighted by atomic mass is 35.5. The second-order valence-corrected chi connectivity index (χ2v) is 7.08. The number of halogens is 2. The van der Waals surface area contributed by atoms with Gasteiger partial charge < -0.3 is 4.90 Å². The number of benzene rings is 2. The van der Waals surface area contributed by atoms with E-state index in [0.717, 1.165) is 12.0 Å². The first-order chi connectivity index (χ1) is 11.5. The van der Waals surface area contributed by atoms with Crippen molar-refractivity contribution in [3.8, 4) is 0 Å². The molecule has 1 aliphatic heterocycles. The lowest BCUT2D eigenvalue weighted by molar-refractivity contribution is 0.422. The van der Waals surface area contributed by atoms with Crippen molar-refractivity contribution in [3.05, 3.63) is 83.2 Å². The van der Waals surface area contributed by atoms with Crippen LogP contribution in [0.3, 0.4) is 0 Å². The zero-order valence-corrected chi connectivity index (χ0v) is 14.6. The van der Waals surface area contributed by atoms with Gasteiger partial charge in [-0.25, -0.2) is 4.39 Å². The van der Waals surface area contributed by atoms with Crippen molar-refractivity contribution < 1.29 is 4.39 Å². The van der Waals surface area contributed by atoms with Crippen LogP contribution in [0, 0.1) is 5.82 Å². The van der Waals surface area contributed by atoms with Crippen LogP contribution in [0.2, 0.25) is 0 Å². The molecule has 2 aromatic carbocycles. The van der Waals surface area contributed by atoms with Gasteiger partial charge in [-0.05, 0) is 25.0 Å². The fourth-order valence-electron chi connectivity index (χ4n) is 3.52. The molecule has 1 heterocycles. The summed E-state index contributed by atoms with van der Waals surface area (Å²) in [6.45, 7) is 6.66. The summed E-state index contributed by atoms with van der Waals surface area (Å²) >= 11 is 6.18. The first-order valence-corrected chi connectivity index (χ1v) is 8.47. The van der Waals surface area contributed by atoms with E-state index in [9.17, 15) is 4.39 Å². The number of para-hydroxylation sites is 1. The second kappa shape index (κ2) is 6.82. The lowest BCUT2D eigenvalue weighted by atomic mass is 9.85. The van der Waals surface area contributed by atoms with Gasteiger partial charge in [0.05, 0.1) is 5.69 Å². The highest BCUT2D eigenvalue weighted by Gasteiger charge is 2.35. The molecule has 24 heavy (non-hydrogen) atoms. The number of rotatable bonds is 5. The van der Waals surface area contributed by atoms with E-state index < -0.39 is 0 Å². The third-order valence-electron chi connectivity index (χ3n) is 4.53. The van der Waals surface area contributed by atoms with Crippen LogP contribution in [0.1, 0.15) is 24.5 Å². The fraction of sp³-hybridized carbons (Fsp3) is 0.238. The van der Waals surface area contributed by atoms with Gasteiger partial charge in [0.25, 0.3) is 0 Å². The van der Waals surface area contributed by atoms with Gasteiger partial charge in [0.15, 0.2) is 0 Å². The van der Waals surface area contributed by atoms with Crippen LogP contribution in [0.5, 0.6) is 0 Å². The lowest BCUT2D eigenvalue weighted by Crippen LogP contribution is -2.50. The van der Waals surface area contributed by atoms with E-state index in [1.54, 1.807) is 6.07 Å². The Balaban J connectivity index is 2.04. The van der Waals surface area contributed by atoms with Gasteiger partial charge in [-0.15, -0.1) is 0 Å². The van der Waals surface area contributed by atoms with Crippen molar-refractivity contribution >= 4 is 23.4 Å². The predicted octanol–water partition coefficient (Wildman–Crippen LogP) is 5.80. The summed E-state index contributed by atoms with van der Waals surface area (Å²) < 4.78 is 14.6. The molecule has 0 radical (unpaired) electrons. The standard InChI is InChI=1S/C21H21ClFN/c1-16(22)14-21(2,15-17-8-4-3-5-9-17)24-13-7-11-18-10-6-12-19(23)20(18)24/h3-12H,1,13-15H2,2H3. The van der Waals surface area contributed by atoms with Crippen LogP contribution < -0.4 is 4.90 Å². The van der Waals surface area contributed by atoms with E-state index in [0.29, 0.717) is 23.7 Å². The molecule has 1 unspecified atom stereocenters. The van der Waals surface area contributed by atoms with Crippen molar-refractivity contribution in [2.45, 2.75) is 25.3 Å². The molecule has 1 aliphatic rings. The van der Waals surface area contributed by atoms with Crippen molar-refractivity contribution in [3.63, 3.8) is 0 Å². The molecular formula is C21H21ClFN. The minimum atomic E-state index is -0.359. The maximum Gasteiger partial charge on any atom is 0.147 e. The van der Waals surface area contributed by atoms with Gasteiger partial charge in [0.1, 0.15) is 5.82 Å². The van der Waals surface area contributed by atoms with Crippen LogP contribution in [-0.4, -0.2) is 12.1 Å². The second-order valence-electron chi connectivity index (χ2n) is 6.54. The average molecular weight is 342 g/mol. The number of fused-ring (bicyclic) bond motifs is 1. The summed E-state index contributed by atoms with van der Waals surface area (Å²) in [6.07, 6.45) is 5.40. The van der Waals surface area contributed by atoms with E-state index in [4.69, 9.17) is 11.6 Å². The number of hydrogen-bond donors (Lipinski definition) is 0. The Kier molecular flexibility index (Phi) is 4.77. The topological polar surface area (TPSA) is 3.24 Å². The molecule has 3 rings (SSSR count). The molecule has 1 atom stereocenters. The van der Waals surface area contributed by atoms with Gasteiger partial charge in [0, 0.05) is 29.1 Å². The average Bonchev–Trinajstić information content (AvgIpc) is 2.55. The van der Waals surface area contributed by atoms with E-state index >= 15 is 0 Å². The van der Waals surface area contributed by atoms with Gasteiger partial charge in [-0.3, -0.25) is 0 Å². The van der Waals surface area contributed by atoms with Gasteiger partial charge in [-0.1, -0.05) is 72.8 Å². The Bertz CT molecular complexity index is 769. The molecule has 0 spiro atoms. The van der Waals surface area contributed by atoms with Crippen molar-refractivity contribution in [1.82, 2.24) is 0 Å². The van der Waals surface area contributed by atoms with Crippen LogP contribution in [0.15, 0.2) is 66.2 Å². The van der Waals surface area contributed by atoms with Crippen LogP contribution in [-0.2, 0) is 6.42 Å². The van der Waals surface area contributed by atoms with Crippen LogP contribution in [0.4, 0.5) is 10.1 Å². The number of hydrogen-bond acceptors (Lipinski definition) is 1. The number of nitrogens with zero attached hydrogens (tertiary/aromatic N) is 1. The fourth-order valence-corrected chi connectivity index (χ4v) is 3.81. The van der Waals surface area contributed by atoms with Crippen LogP contribution >= 0.6 is 11.6 Å². The van der Waals surface area contributed by atoms with Crippen molar-refractivity contribution in [2.75, 3.05) is 11.4 Å². The lowest BCUT2D eigenvalue weighted by Gasteiger charge is -2.45. The van der Waals surface area contributed by atoms with E-state index in [1.165, 1.54) is 11.6 Å². The smallest absolute Gasteiger partial charge is 0.147 e. The summed E-state index contributed by atoms with van der Waals surface area (Å²) in [4.78, 5) is 2.12. The van der Waals surface area contributed by atoms with Gasteiger partial charge in [0.2, 0.25) is 0 Å². The SMILES string of the molecule is C=C(Cl)CC(C)(Cc1ccccc1)N1CC=Cc2cccc(F)c21. The molecule has 0 saturated heterocycles. The molecule has 2 aromatic rings. The number of anilines is 1. The third kappa shape index (κ3) is 3.39. The van der Waals surface area contributed by atoms with E-state index in [1.807, 2.05) is 30.3 Å². The highest BCUT2D eigenvalue weighted by Crippen LogP contribution is 2.38. The van der Waals surface area contributed by atoms with Crippen molar-refractivity contribution in [2.24, 2.45) is 0 Å². The Labute approximate surface area is 148 Å². The molecule has 0 fully saturated rings. The molecule has 0 saturated carbocycles. The molecule has 0 aromatic heterocycles. The summed E-state index contributed by atoms with van der Waals surface area (Å²) in [5.74, 6) is -0.198. The summed E-state index contributed by atoms with van der Waals surface area (Å²) in [7, 11) is 0.